The molecule has 8 aromatic carbocycles. The number of anilines is 3. The normalized spacial score (nSPS) is 11.5. The van der Waals surface area contributed by atoms with Crippen LogP contribution in [0.3, 0.4) is 0 Å². The lowest BCUT2D eigenvalue weighted by molar-refractivity contribution is 0.669. The van der Waals surface area contributed by atoms with Gasteiger partial charge in [-0.2, -0.15) is 0 Å². The van der Waals surface area contributed by atoms with E-state index >= 15 is 0 Å². The highest BCUT2D eigenvalue weighted by atomic mass is 16.3. The van der Waals surface area contributed by atoms with Crippen LogP contribution in [0, 0.1) is 0 Å². The Morgan fingerprint density at radius 1 is 0.304 bits per heavy atom. The van der Waals surface area contributed by atoms with Gasteiger partial charge in [0.2, 0.25) is 0 Å². The van der Waals surface area contributed by atoms with E-state index in [1.807, 2.05) is 12.1 Å². The van der Waals surface area contributed by atoms with Crippen LogP contribution < -0.4 is 4.90 Å². The molecule has 1 heterocycles. The van der Waals surface area contributed by atoms with Crippen molar-refractivity contribution in [3.8, 4) is 22.3 Å². The minimum atomic E-state index is 0.907. The molecule has 2 nitrogen and oxygen atoms in total. The molecule has 0 saturated carbocycles. The van der Waals surface area contributed by atoms with E-state index in [0.29, 0.717) is 0 Å². The molecule has 0 fully saturated rings. The van der Waals surface area contributed by atoms with Crippen molar-refractivity contribution in [3.63, 3.8) is 0 Å². The van der Waals surface area contributed by atoms with Crippen molar-refractivity contribution in [2.45, 2.75) is 0 Å². The summed E-state index contributed by atoms with van der Waals surface area (Å²) in [5.74, 6) is 0. The molecule has 0 amide bonds. The SMILES string of the molecule is c1ccc(-c2ccc(N(c3ccc(-c4ccc5ccccc5c4)cc3)c3ccc4cc5c(cc4c3)oc3ccccc35)cc2)cc1. The molecule has 9 aromatic rings. The third-order valence-corrected chi connectivity index (χ3v) is 9.02. The van der Waals surface area contributed by atoms with Gasteiger partial charge < -0.3 is 9.32 Å². The number of para-hydroxylation sites is 1. The Morgan fingerprint density at radius 3 is 1.65 bits per heavy atom. The Morgan fingerprint density at radius 2 is 0.870 bits per heavy atom. The fourth-order valence-electron chi connectivity index (χ4n) is 6.65. The highest BCUT2D eigenvalue weighted by molar-refractivity contribution is 6.10. The molecular formula is C44H29NO. The van der Waals surface area contributed by atoms with Gasteiger partial charge in [-0.1, -0.05) is 115 Å². The largest absolute Gasteiger partial charge is 0.456 e. The van der Waals surface area contributed by atoms with E-state index in [2.05, 4.69) is 169 Å². The van der Waals surface area contributed by atoms with E-state index in [-0.39, 0.29) is 0 Å². The molecule has 0 bridgehead atoms. The average Bonchev–Trinajstić information content (AvgIpc) is 3.49. The van der Waals surface area contributed by atoms with Crippen molar-refractivity contribution >= 4 is 60.5 Å². The number of benzene rings is 8. The quantitative estimate of drug-likeness (QED) is 0.199. The van der Waals surface area contributed by atoms with Gasteiger partial charge in [-0.25, -0.2) is 0 Å². The number of furan rings is 1. The van der Waals surface area contributed by atoms with Gasteiger partial charge in [-0.3, -0.25) is 0 Å². The minimum Gasteiger partial charge on any atom is -0.456 e. The number of nitrogens with zero attached hydrogens (tertiary/aromatic N) is 1. The maximum atomic E-state index is 6.25. The summed E-state index contributed by atoms with van der Waals surface area (Å²) in [6, 6.07) is 62.9. The zero-order chi connectivity index (χ0) is 30.5. The first kappa shape index (κ1) is 26.3. The molecule has 0 saturated heterocycles. The zero-order valence-electron chi connectivity index (χ0n) is 25.1. The first-order valence-electron chi connectivity index (χ1n) is 15.7. The third-order valence-electron chi connectivity index (χ3n) is 9.02. The van der Waals surface area contributed by atoms with E-state index in [0.717, 1.165) is 44.4 Å². The Hall–Kier alpha value is -6.12. The fourth-order valence-corrected chi connectivity index (χ4v) is 6.65. The second-order valence-corrected chi connectivity index (χ2v) is 11.8. The molecule has 216 valence electrons. The van der Waals surface area contributed by atoms with E-state index in [1.165, 1.54) is 38.4 Å². The maximum Gasteiger partial charge on any atom is 0.136 e. The smallest absolute Gasteiger partial charge is 0.136 e. The summed E-state index contributed by atoms with van der Waals surface area (Å²) < 4.78 is 6.25. The lowest BCUT2D eigenvalue weighted by atomic mass is 10.0. The van der Waals surface area contributed by atoms with E-state index in [4.69, 9.17) is 4.42 Å². The van der Waals surface area contributed by atoms with Crippen LogP contribution in [-0.2, 0) is 0 Å². The maximum absolute atomic E-state index is 6.25. The molecule has 46 heavy (non-hydrogen) atoms. The summed E-state index contributed by atoms with van der Waals surface area (Å²) in [7, 11) is 0. The monoisotopic (exact) mass is 587 g/mol. The van der Waals surface area contributed by atoms with Crippen LogP contribution in [0.5, 0.6) is 0 Å². The Labute approximate surface area is 267 Å². The second-order valence-electron chi connectivity index (χ2n) is 11.8. The van der Waals surface area contributed by atoms with Crippen molar-refractivity contribution in [2.75, 3.05) is 4.90 Å². The van der Waals surface area contributed by atoms with Crippen LogP contribution >= 0.6 is 0 Å². The topological polar surface area (TPSA) is 16.4 Å². The number of fused-ring (bicyclic) bond motifs is 5. The summed E-state index contributed by atoms with van der Waals surface area (Å²) in [6.45, 7) is 0. The average molecular weight is 588 g/mol. The first-order valence-corrected chi connectivity index (χ1v) is 15.7. The van der Waals surface area contributed by atoms with Gasteiger partial charge in [0.25, 0.3) is 0 Å². The molecule has 0 radical (unpaired) electrons. The lowest BCUT2D eigenvalue weighted by Crippen LogP contribution is -2.09. The van der Waals surface area contributed by atoms with Crippen LogP contribution in [0.25, 0.3) is 65.7 Å². The van der Waals surface area contributed by atoms with Gasteiger partial charge in [-0.05, 0) is 104 Å². The molecule has 0 aliphatic heterocycles. The van der Waals surface area contributed by atoms with Crippen LogP contribution in [0.2, 0.25) is 0 Å². The molecule has 0 N–H and O–H groups in total. The van der Waals surface area contributed by atoms with Crippen molar-refractivity contribution in [1.29, 1.82) is 0 Å². The lowest BCUT2D eigenvalue weighted by Gasteiger charge is -2.26. The Bertz CT molecular complexity index is 2510. The summed E-state index contributed by atoms with van der Waals surface area (Å²) in [5.41, 5.74) is 9.92. The van der Waals surface area contributed by atoms with E-state index in [9.17, 15) is 0 Å². The highest BCUT2D eigenvalue weighted by Crippen LogP contribution is 2.40. The third kappa shape index (κ3) is 4.60. The Kier molecular flexibility index (Phi) is 6.17. The number of hydrogen-bond donors (Lipinski definition) is 0. The minimum absolute atomic E-state index is 0.907. The van der Waals surface area contributed by atoms with E-state index in [1.54, 1.807) is 0 Å². The molecule has 0 aliphatic carbocycles. The van der Waals surface area contributed by atoms with Crippen LogP contribution in [-0.4, -0.2) is 0 Å². The van der Waals surface area contributed by atoms with Gasteiger partial charge in [0.05, 0.1) is 0 Å². The summed E-state index contributed by atoms with van der Waals surface area (Å²) in [4.78, 5) is 2.33. The van der Waals surface area contributed by atoms with Crippen molar-refractivity contribution < 1.29 is 4.42 Å². The molecule has 1 aromatic heterocycles. The summed E-state index contributed by atoms with van der Waals surface area (Å²) in [6.07, 6.45) is 0. The van der Waals surface area contributed by atoms with Crippen molar-refractivity contribution in [2.24, 2.45) is 0 Å². The van der Waals surface area contributed by atoms with Crippen LogP contribution in [0.4, 0.5) is 17.1 Å². The van der Waals surface area contributed by atoms with Gasteiger partial charge in [0, 0.05) is 27.8 Å². The van der Waals surface area contributed by atoms with Crippen LogP contribution in [0.15, 0.2) is 180 Å². The zero-order valence-corrected chi connectivity index (χ0v) is 25.1. The van der Waals surface area contributed by atoms with Gasteiger partial charge >= 0.3 is 0 Å². The van der Waals surface area contributed by atoms with Gasteiger partial charge in [0.1, 0.15) is 11.2 Å². The predicted molar refractivity (Wildman–Crippen MR) is 194 cm³/mol. The van der Waals surface area contributed by atoms with Crippen LogP contribution in [0.1, 0.15) is 0 Å². The van der Waals surface area contributed by atoms with Crippen molar-refractivity contribution in [3.05, 3.63) is 176 Å². The molecule has 0 spiro atoms. The molecule has 0 unspecified atom stereocenters. The molecule has 9 rings (SSSR count). The van der Waals surface area contributed by atoms with Gasteiger partial charge in [-0.15, -0.1) is 0 Å². The molecular weight excluding hydrogens is 558 g/mol. The second kappa shape index (κ2) is 10.8. The van der Waals surface area contributed by atoms with Crippen molar-refractivity contribution in [1.82, 2.24) is 0 Å². The summed E-state index contributed by atoms with van der Waals surface area (Å²) in [5, 5.41) is 7.13. The van der Waals surface area contributed by atoms with Gasteiger partial charge in [0.15, 0.2) is 0 Å². The summed E-state index contributed by atoms with van der Waals surface area (Å²) >= 11 is 0. The first-order chi connectivity index (χ1) is 22.8. The van der Waals surface area contributed by atoms with E-state index < -0.39 is 0 Å². The Balaban J connectivity index is 1.15. The standard InChI is InChI=1S/C44H29NO/c1-2-8-30(9-3-1)32-16-21-38(22-17-32)45(39-23-18-33(19-24-39)35-15-14-31-10-4-5-11-34(31)26-35)40-25-20-36-28-42-41-12-6-7-13-43(41)46-44(42)29-37(36)27-40/h1-29H. The number of rotatable bonds is 5. The molecule has 2 heteroatoms. The highest BCUT2D eigenvalue weighted by Gasteiger charge is 2.15. The predicted octanol–water partition coefficient (Wildman–Crippen LogP) is 12.7. The number of hydrogen-bond acceptors (Lipinski definition) is 2. The molecule has 0 aliphatic rings. The fraction of sp³-hybridized carbons (Fsp3) is 0. The molecule has 0 atom stereocenters.